The summed E-state index contributed by atoms with van der Waals surface area (Å²) >= 11 is 0. The van der Waals surface area contributed by atoms with Crippen LogP contribution in [0.5, 0.6) is 5.75 Å². The summed E-state index contributed by atoms with van der Waals surface area (Å²) in [6.07, 6.45) is 1.14. The molecule has 2 aliphatic heterocycles. The number of fused-ring (bicyclic) bond motifs is 1. The molecule has 3 aromatic carbocycles. The lowest BCUT2D eigenvalue weighted by atomic mass is 10.0. The molecule has 39 heavy (non-hydrogen) atoms. The second kappa shape index (κ2) is 12.0. The van der Waals surface area contributed by atoms with Crippen molar-refractivity contribution >= 4 is 28.4 Å². The second-order valence-corrected chi connectivity index (χ2v) is 9.80. The van der Waals surface area contributed by atoms with E-state index in [-0.39, 0.29) is 12.2 Å². The topological polar surface area (TPSA) is 116 Å². The van der Waals surface area contributed by atoms with Crippen LogP contribution in [0.4, 0.5) is 17.5 Å². The molecule has 0 amide bonds. The van der Waals surface area contributed by atoms with Crippen LogP contribution in [0.25, 0.3) is 22.0 Å². The van der Waals surface area contributed by atoms with Crippen LogP contribution in [0.3, 0.4) is 0 Å². The van der Waals surface area contributed by atoms with Gasteiger partial charge in [-0.1, -0.05) is 36.4 Å². The van der Waals surface area contributed by atoms with Crippen LogP contribution < -0.4 is 26.4 Å². The summed E-state index contributed by atoms with van der Waals surface area (Å²) in [4.78, 5) is 9.37. The molecule has 4 aromatic rings. The van der Waals surface area contributed by atoms with Gasteiger partial charge in [-0.15, -0.1) is 0 Å². The van der Waals surface area contributed by atoms with E-state index in [1.54, 1.807) is 0 Å². The zero-order valence-corrected chi connectivity index (χ0v) is 21.9. The van der Waals surface area contributed by atoms with Crippen molar-refractivity contribution in [1.29, 1.82) is 0 Å². The first-order chi connectivity index (χ1) is 19.2. The average Bonchev–Trinajstić information content (AvgIpc) is 2.99. The highest BCUT2D eigenvalue weighted by molar-refractivity contribution is 5.99. The summed E-state index contributed by atoms with van der Waals surface area (Å²) in [5.41, 5.74) is 11.2. The Balaban J connectivity index is 1.17. The van der Waals surface area contributed by atoms with Crippen molar-refractivity contribution in [3.05, 3.63) is 72.3 Å². The van der Waals surface area contributed by atoms with Gasteiger partial charge in [0.2, 0.25) is 5.95 Å². The maximum absolute atomic E-state index is 6.37. The van der Waals surface area contributed by atoms with E-state index in [1.807, 2.05) is 36.4 Å². The fraction of sp³-hybridized carbons (Fsp3) is 0.333. The monoisotopic (exact) mass is 526 g/mol. The van der Waals surface area contributed by atoms with E-state index in [1.165, 1.54) is 0 Å². The maximum Gasteiger partial charge on any atom is 0.229 e. The lowest BCUT2D eigenvalue weighted by Crippen LogP contribution is -2.39. The smallest absolute Gasteiger partial charge is 0.229 e. The van der Waals surface area contributed by atoms with Crippen LogP contribution in [-0.4, -0.2) is 62.1 Å². The van der Waals surface area contributed by atoms with Gasteiger partial charge in [-0.2, -0.15) is 4.98 Å². The van der Waals surface area contributed by atoms with Crippen molar-refractivity contribution in [2.75, 3.05) is 57.1 Å². The number of aromatic nitrogens is 2. The SMILES string of the molecule is Nc1nc(Nc2ccc(C3CNCCO3)cc2)nc2c(-c3ccc(OCCC4CNCCO4)cc3)cccc12. The predicted octanol–water partition coefficient (Wildman–Crippen LogP) is 4.04. The Labute approximate surface area is 228 Å². The summed E-state index contributed by atoms with van der Waals surface area (Å²) in [6, 6.07) is 22.2. The molecule has 2 saturated heterocycles. The molecule has 2 atom stereocenters. The van der Waals surface area contributed by atoms with E-state index >= 15 is 0 Å². The van der Waals surface area contributed by atoms with Crippen LogP contribution in [0.1, 0.15) is 18.1 Å². The molecule has 1 aromatic heterocycles. The molecule has 3 heterocycles. The first-order valence-corrected chi connectivity index (χ1v) is 13.5. The van der Waals surface area contributed by atoms with Crippen LogP contribution in [0, 0.1) is 0 Å². The summed E-state index contributed by atoms with van der Waals surface area (Å²) < 4.78 is 17.6. The molecule has 2 aliphatic rings. The Hall–Kier alpha value is -3.76. The Morgan fingerprint density at radius 1 is 0.897 bits per heavy atom. The number of hydrogen-bond acceptors (Lipinski definition) is 9. The van der Waals surface area contributed by atoms with Crippen molar-refractivity contribution < 1.29 is 14.2 Å². The summed E-state index contributed by atoms with van der Waals surface area (Å²) in [5.74, 6) is 1.72. The molecule has 202 valence electrons. The summed E-state index contributed by atoms with van der Waals surface area (Å²) in [5, 5.41) is 10.8. The minimum atomic E-state index is 0.0721. The maximum atomic E-state index is 6.37. The lowest BCUT2D eigenvalue weighted by Gasteiger charge is -2.24. The molecular formula is C30H34N6O3. The van der Waals surface area contributed by atoms with Crippen LogP contribution in [-0.2, 0) is 9.47 Å². The van der Waals surface area contributed by atoms with Gasteiger partial charge in [0.05, 0.1) is 37.5 Å². The molecule has 0 spiro atoms. The number of rotatable bonds is 8. The number of benzene rings is 3. The number of nitrogens with two attached hydrogens (primary N) is 1. The van der Waals surface area contributed by atoms with Gasteiger partial charge >= 0.3 is 0 Å². The fourth-order valence-corrected chi connectivity index (χ4v) is 5.00. The highest BCUT2D eigenvalue weighted by Crippen LogP contribution is 2.32. The molecule has 2 unspecified atom stereocenters. The number of nitrogen functional groups attached to an aromatic ring is 1. The Morgan fingerprint density at radius 2 is 1.69 bits per heavy atom. The van der Waals surface area contributed by atoms with Crippen molar-refractivity contribution in [3.63, 3.8) is 0 Å². The quantitative estimate of drug-likeness (QED) is 0.270. The zero-order chi connectivity index (χ0) is 26.4. The third-order valence-electron chi connectivity index (χ3n) is 7.10. The third kappa shape index (κ3) is 6.12. The number of para-hydroxylation sites is 1. The average molecular weight is 527 g/mol. The Bertz CT molecular complexity index is 1380. The minimum Gasteiger partial charge on any atom is -0.493 e. The zero-order valence-electron chi connectivity index (χ0n) is 21.9. The molecule has 9 nitrogen and oxygen atoms in total. The first kappa shape index (κ1) is 25.5. The largest absolute Gasteiger partial charge is 0.493 e. The van der Waals surface area contributed by atoms with E-state index in [9.17, 15) is 0 Å². The Morgan fingerprint density at radius 3 is 2.44 bits per heavy atom. The van der Waals surface area contributed by atoms with Crippen LogP contribution in [0.2, 0.25) is 0 Å². The first-order valence-electron chi connectivity index (χ1n) is 13.5. The van der Waals surface area contributed by atoms with Gasteiger partial charge < -0.3 is 35.9 Å². The molecular weight excluding hydrogens is 492 g/mol. The molecule has 6 rings (SSSR count). The summed E-state index contributed by atoms with van der Waals surface area (Å²) in [7, 11) is 0. The van der Waals surface area contributed by atoms with E-state index < -0.39 is 0 Å². The van der Waals surface area contributed by atoms with Gasteiger partial charge in [-0.3, -0.25) is 0 Å². The Kier molecular flexibility index (Phi) is 7.83. The number of nitrogens with one attached hydrogen (secondary N) is 3. The normalized spacial score (nSPS) is 19.6. The number of ether oxygens (including phenoxy) is 3. The van der Waals surface area contributed by atoms with Crippen LogP contribution in [0.15, 0.2) is 66.7 Å². The highest BCUT2D eigenvalue weighted by Gasteiger charge is 2.16. The molecule has 0 bridgehead atoms. The highest BCUT2D eigenvalue weighted by atomic mass is 16.5. The van der Waals surface area contributed by atoms with Gasteiger partial charge in [-0.05, 0) is 41.5 Å². The van der Waals surface area contributed by atoms with Gasteiger partial charge in [0.25, 0.3) is 0 Å². The van der Waals surface area contributed by atoms with Crippen LogP contribution >= 0.6 is 0 Å². The number of anilines is 3. The van der Waals surface area contributed by atoms with Gasteiger partial charge in [0.1, 0.15) is 11.6 Å². The van der Waals surface area contributed by atoms with Crippen molar-refractivity contribution in [1.82, 2.24) is 20.6 Å². The minimum absolute atomic E-state index is 0.0721. The standard InChI is InChI=1S/C30H34N6O3/c31-29-26-3-1-2-25(20-6-10-23(11-7-20)37-15-12-24-18-32-13-16-38-24)28(26)35-30(36-29)34-22-8-4-21(5-9-22)27-19-33-14-17-39-27/h1-11,24,27,32-33H,12-19H2,(H3,31,34,35,36). The van der Waals surface area contributed by atoms with Crippen molar-refractivity contribution in [2.45, 2.75) is 18.6 Å². The van der Waals surface area contributed by atoms with Gasteiger partial charge in [0.15, 0.2) is 0 Å². The van der Waals surface area contributed by atoms with E-state index in [0.717, 1.165) is 84.8 Å². The molecule has 2 fully saturated rings. The second-order valence-electron chi connectivity index (χ2n) is 9.80. The van der Waals surface area contributed by atoms with E-state index in [4.69, 9.17) is 24.9 Å². The third-order valence-corrected chi connectivity index (χ3v) is 7.10. The predicted molar refractivity (Wildman–Crippen MR) is 153 cm³/mol. The molecule has 9 heteroatoms. The van der Waals surface area contributed by atoms with Gasteiger partial charge in [-0.25, -0.2) is 4.98 Å². The molecule has 0 radical (unpaired) electrons. The number of morpholine rings is 2. The molecule has 0 saturated carbocycles. The van der Waals surface area contributed by atoms with Crippen molar-refractivity contribution in [3.8, 4) is 16.9 Å². The molecule has 0 aliphatic carbocycles. The van der Waals surface area contributed by atoms with Crippen molar-refractivity contribution in [2.24, 2.45) is 0 Å². The number of nitrogens with zero attached hydrogens (tertiary/aromatic N) is 2. The molecule has 5 N–H and O–H groups in total. The summed E-state index contributed by atoms with van der Waals surface area (Å²) in [6.45, 7) is 5.61. The van der Waals surface area contributed by atoms with E-state index in [0.29, 0.717) is 18.4 Å². The van der Waals surface area contributed by atoms with E-state index in [2.05, 4.69) is 51.3 Å². The number of hydrogen-bond donors (Lipinski definition) is 4. The van der Waals surface area contributed by atoms with Gasteiger partial charge in [0, 0.05) is 49.2 Å². The lowest BCUT2D eigenvalue weighted by molar-refractivity contribution is 0.0159. The fourth-order valence-electron chi connectivity index (χ4n) is 5.00.